The molecule has 0 aliphatic carbocycles. The Kier molecular flexibility index (Phi) is 8.05. The first-order chi connectivity index (χ1) is 15.2. The Balaban J connectivity index is 1.76. The first kappa shape index (κ1) is 24.4. The molecule has 1 saturated heterocycles. The molecule has 1 heterocycles. The maximum Gasteiger partial charge on any atom is 0.255 e. The van der Waals surface area contributed by atoms with Gasteiger partial charge in [0.25, 0.3) is 5.91 Å². The molecule has 0 aromatic heterocycles. The van der Waals surface area contributed by atoms with Gasteiger partial charge in [0, 0.05) is 30.9 Å². The number of sulfonamides is 2. The molecule has 174 valence electrons. The third kappa shape index (κ3) is 5.94. The summed E-state index contributed by atoms with van der Waals surface area (Å²) >= 11 is 0. The zero-order chi connectivity index (χ0) is 23.2. The number of unbranched alkanes of at least 4 members (excludes halogenated alkanes) is 1. The van der Waals surface area contributed by atoms with Crippen molar-refractivity contribution in [2.45, 2.75) is 48.8 Å². The van der Waals surface area contributed by atoms with E-state index in [0.717, 1.165) is 32.1 Å². The molecule has 1 fully saturated rings. The van der Waals surface area contributed by atoms with E-state index in [9.17, 15) is 21.6 Å². The van der Waals surface area contributed by atoms with Crippen molar-refractivity contribution in [2.75, 3.05) is 25.0 Å². The Hall–Kier alpha value is -2.27. The Labute approximate surface area is 190 Å². The predicted molar refractivity (Wildman–Crippen MR) is 124 cm³/mol. The molecule has 1 aliphatic heterocycles. The van der Waals surface area contributed by atoms with Crippen molar-refractivity contribution < 1.29 is 21.6 Å². The first-order valence-electron chi connectivity index (χ1n) is 10.8. The average molecular weight is 480 g/mol. The minimum absolute atomic E-state index is 0.0489. The molecule has 10 heteroatoms. The highest BCUT2D eigenvalue weighted by atomic mass is 32.2. The van der Waals surface area contributed by atoms with Gasteiger partial charge in [-0.1, -0.05) is 31.9 Å². The monoisotopic (exact) mass is 479 g/mol. The molecule has 0 saturated carbocycles. The van der Waals surface area contributed by atoms with Crippen LogP contribution in [0.1, 0.15) is 49.4 Å². The minimum atomic E-state index is -3.68. The first-order valence-corrected chi connectivity index (χ1v) is 13.7. The fraction of sp³-hybridized carbons (Fsp3) is 0.409. The van der Waals surface area contributed by atoms with Crippen LogP contribution in [0, 0.1) is 0 Å². The molecular weight excluding hydrogens is 450 g/mol. The third-order valence-corrected chi connectivity index (χ3v) is 8.63. The second kappa shape index (κ2) is 10.6. The molecule has 8 nitrogen and oxygen atoms in total. The summed E-state index contributed by atoms with van der Waals surface area (Å²) in [5.74, 6) is -0.519. The van der Waals surface area contributed by atoms with E-state index in [1.807, 2.05) is 6.92 Å². The number of rotatable bonds is 9. The normalized spacial score (nSPS) is 15.4. The van der Waals surface area contributed by atoms with Gasteiger partial charge in [-0.2, -0.15) is 4.31 Å². The number of benzene rings is 2. The van der Waals surface area contributed by atoms with Gasteiger partial charge >= 0.3 is 0 Å². The smallest absolute Gasteiger partial charge is 0.255 e. The lowest BCUT2D eigenvalue weighted by molar-refractivity contribution is 0.102. The van der Waals surface area contributed by atoms with Crippen LogP contribution in [0.3, 0.4) is 0 Å². The van der Waals surface area contributed by atoms with Gasteiger partial charge in [-0.25, -0.2) is 21.6 Å². The summed E-state index contributed by atoms with van der Waals surface area (Å²) in [6.07, 6.45) is 4.26. The van der Waals surface area contributed by atoms with Crippen LogP contribution >= 0.6 is 0 Å². The Morgan fingerprint density at radius 2 is 1.62 bits per heavy atom. The molecule has 3 rings (SSSR count). The number of anilines is 1. The summed E-state index contributed by atoms with van der Waals surface area (Å²) in [4.78, 5) is 12.9. The van der Waals surface area contributed by atoms with Crippen LogP contribution in [0.15, 0.2) is 58.3 Å². The summed E-state index contributed by atoms with van der Waals surface area (Å²) in [6.45, 7) is 3.27. The lowest BCUT2D eigenvalue weighted by Gasteiger charge is -2.26. The molecule has 0 bridgehead atoms. The Bertz CT molecular complexity index is 1160. The highest BCUT2D eigenvalue weighted by molar-refractivity contribution is 7.89. The second-order valence-electron chi connectivity index (χ2n) is 7.73. The van der Waals surface area contributed by atoms with E-state index in [1.165, 1.54) is 40.7 Å². The number of nitrogens with one attached hydrogen (secondary N) is 2. The average Bonchev–Trinajstić information content (AvgIpc) is 2.80. The van der Waals surface area contributed by atoms with Gasteiger partial charge in [-0.05, 0) is 55.7 Å². The molecule has 2 aromatic rings. The largest absolute Gasteiger partial charge is 0.322 e. The summed E-state index contributed by atoms with van der Waals surface area (Å²) < 4.78 is 54.6. The Morgan fingerprint density at radius 1 is 0.938 bits per heavy atom. The summed E-state index contributed by atoms with van der Waals surface area (Å²) in [6, 6.07) is 11.8. The van der Waals surface area contributed by atoms with Gasteiger partial charge in [-0.3, -0.25) is 4.79 Å². The lowest BCUT2D eigenvalue weighted by Crippen LogP contribution is -2.35. The molecule has 2 N–H and O–H groups in total. The topological polar surface area (TPSA) is 113 Å². The van der Waals surface area contributed by atoms with Gasteiger partial charge in [0.1, 0.15) is 0 Å². The standard InChI is InChI=1S/C22H29N3O5S2/c1-2-3-13-23-31(27,28)20-11-8-10-19(17-20)24-22(26)18-9-7-12-21(16-18)32(29,30)25-14-5-4-6-15-25/h7-12,16-17,23H,2-6,13-15H2,1H3,(H,24,26). The van der Waals surface area contributed by atoms with E-state index in [1.54, 1.807) is 12.1 Å². The zero-order valence-electron chi connectivity index (χ0n) is 18.1. The molecule has 32 heavy (non-hydrogen) atoms. The molecule has 1 amide bonds. The summed E-state index contributed by atoms with van der Waals surface area (Å²) in [5, 5.41) is 2.66. The molecule has 0 unspecified atom stereocenters. The number of carbonyl (C=O) groups excluding carboxylic acids is 1. The van der Waals surface area contributed by atoms with Gasteiger partial charge in [-0.15, -0.1) is 0 Å². The van der Waals surface area contributed by atoms with Crippen molar-refractivity contribution in [3.63, 3.8) is 0 Å². The summed E-state index contributed by atoms with van der Waals surface area (Å²) in [7, 11) is -7.34. The van der Waals surface area contributed by atoms with Crippen LogP contribution < -0.4 is 10.0 Å². The van der Waals surface area contributed by atoms with E-state index in [2.05, 4.69) is 10.0 Å². The van der Waals surface area contributed by atoms with Crippen molar-refractivity contribution in [1.82, 2.24) is 9.03 Å². The molecule has 2 aromatic carbocycles. The van der Waals surface area contributed by atoms with Crippen LogP contribution in [0.25, 0.3) is 0 Å². The van der Waals surface area contributed by atoms with Crippen molar-refractivity contribution >= 4 is 31.6 Å². The predicted octanol–water partition coefficient (Wildman–Crippen LogP) is 3.19. The highest BCUT2D eigenvalue weighted by Crippen LogP contribution is 2.22. The van der Waals surface area contributed by atoms with Crippen LogP contribution in [0.4, 0.5) is 5.69 Å². The highest BCUT2D eigenvalue weighted by Gasteiger charge is 2.26. The summed E-state index contributed by atoms with van der Waals surface area (Å²) in [5.41, 5.74) is 0.482. The quantitative estimate of drug-likeness (QED) is 0.537. The number of hydrogen-bond acceptors (Lipinski definition) is 5. The molecule has 0 atom stereocenters. The molecular formula is C22H29N3O5S2. The maximum atomic E-state index is 12.9. The number of amides is 1. The van der Waals surface area contributed by atoms with Gasteiger partial charge in [0.2, 0.25) is 20.0 Å². The van der Waals surface area contributed by atoms with E-state index in [-0.39, 0.29) is 15.4 Å². The van der Waals surface area contributed by atoms with E-state index in [4.69, 9.17) is 0 Å². The van der Waals surface area contributed by atoms with E-state index < -0.39 is 26.0 Å². The SMILES string of the molecule is CCCCNS(=O)(=O)c1cccc(NC(=O)c2cccc(S(=O)(=O)N3CCCCC3)c2)c1. The number of carbonyl (C=O) groups is 1. The van der Waals surface area contributed by atoms with Crippen molar-refractivity contribution in [1.29, 1.82) is 0 Å². The number of piperidine rings is 1. The van der Waals surface area contributed by atoms with Gasteiger partial charge in [0.05, 0.1) is 9.79 Å². The maximum absolute atomic E-state index is 12.9. The number of nitrogens with zero attached hydrogens (tertiary/aromatic N) is 1. The molecule has 1 aliphatic rings. The van der Waals surface area contributed by atoms with Gasteiger partial charge < -0.3 is 5.32 Å². The van der Waals surface area contributed by atoms with Crippen LogP contribution in [-0.2, 0) is 20.0 Å². The van der Waals surface area contributed by atoms with Crippen molar-refractivity contribution in [3.8, 4) is 0 Å². The van der Waals surface area contributed by atoms with Crippen molar-refractivity contribution in [3.05, 3.63) is 54.1 Å². The number of hydrogen-bond donors (Lipinski definition) is 2. The fourth-order valence-electron chi connectivity index (χ4n) is 3.46. The van der Waals surface area contributed by atoms with Crippen LogP contribution in [0.5, 0.6) is 0 Å². The van der Waals surface area contributed by atoms with E-state index >= 15 is 0 Å². The molecule has 0 spiro atoms. The zero-order valence-corrected chi connectivity index (χ0v) is 19.7. The van der Waals surface area contributed by atoms with E-state index in [0.29, 0.717) is 25.3 Å². The third-order valence-electron chi connectivity index (χ3n) is 5.27. The minimum Gasteiger partial charge on any atom is -0.322 e. The van der Waals surface area contributed by atoms with Gasteiger partial charge in [0.15, 0.2) is 0 Å². The molecule has 0 radical (unpaired) electrons. The lowest BCUT2D eigenvalue weighted by atomic mass is 10.2. The second-order valence-corrected chi connectivity index (χ2v) is 11.4. The fourth-order valence-corrected chi connectivity index (χ4v) is 6.15. The van der Waals surface area contributed by atoms with Crippen LogP contribution in [-0.4, -0.2) is 46.7 Å². The van der Waals surface area contributed by atoms with Crippen LogP contribution in [0.2, 0.25) is 0 Å². The van der Waals surface area contributed by atoms with Crippen molar-refractivity contribution in [2.24, 2.45) is 0 Å². The Morgan fingerprint density at radius 3 is 2.34 bits per heavy atom.